The van der Waals surface area contributed by atoms with Crippen LogP contribution in [0.15, 0.2) is 46.1 Å². The number of hydrogen-bond donors (Lipinski definition) is 1. The van der Waals surface area contributed by atoms with E-state index in [1.807, 2.05) is 6.92 Å². The maximum absolute atomic E-state index is 12.3. The normalized spacial score (nSPS) is 21.3. The number of guanidine groups is 1. The van der Waals surface area contributed by atoms with Crippen molar-refractivity contribution < 1.29 is 4.79 Å². The van der Waals surface area contributed by atoms with Crippen LogP contribution in [0.4, 0.5) is 0 Å². The van der Waals surface area contributed by atoms with Crippen molar-refractivity contribution in [2.75, 3.05) is 7.05 Å². The molecule has 2 N–H and O–H groups in total. The Labute approximate surface area is 148 Å². The minimum Gasteiger partial charge on any atom is -0.369 e. The lowest BCUT2D eigenvalue weighted by atomic mass is 9.86. The third-order valence-electron chi connectivity index (χ3n) is 4.53. The van der Waals surface area contributed by atoms with Crippen LogP contribution in [0.2, 0.25) is 0 Å². The minimum absolute atomic E-state index is 0.00640. The van der Waals surface area contributed by atoms with Crippen molar-refractivity contribution >= 4 is 44.6 Å². The topological polar surface area (TPSA) is 58.7 Å². The molecule has 122 valence electrons. The lowest BCUT2D eigenvalue weighted by Crippen LogP contribution is -2.47. The van der Waals surface area contributed by atoms with Gasteiger partial charge in [-0.2, -0.15) is 0 Å². The van der Waals surface area contributed by atoms with Gasteiger partial charge in [-0.15, -0.1) is 22.7 Å². The van der Waals surface area contributed by atoms with Crippen molar-refractivity contribution in [2.45, 2.75) is 18.9 Å². The van der Waals surface area contributed by atoms with Crippen molar-refractivity contribution in [1.82, 2.24) is 4.90 Å². The molecule has 4 nitrogen and oxygen atoms in total. The molecule has 4 rings (SSSR count). The van der Waals surface area contributed by atoms with E-state index in [0.717, 1.165) is 5.56 Å². The summed E-state index contributed by atoms with van der Waals surface area (Å²) in [7, 11) is 1.67. The van der Waals surface area contributed by atoms with Crippen molar-refractivity contribution in [2.24, 2.45) is 10.7 Å². The van der Waals surface area contributed by atoms with E-state index in [1.165, 1.54) is 25.4 Å². The maximum atomic E-state index is 12.3. The average molecular weight is 355 g/mol. The first-order valence-electron chi connectivity index (χ1n) is 7.65. The Balaban J connectivity index is 1.93. The van der Waals surface area contributed by atoms with Gasteiger partial charge in [0.1, 0.15) is 0 Å². The largest absolute Gasteiger partial charge is 0.369 e. The fraction of sp³-hybridized carbons (Fsp3) is 0.222. The van der Waals surface area contributed by atoms with Crippen molar-refractivity contribution in [1.29, 1.82) is 0 Å². The molecule has 24 heavy (non-hydrogen) atoms. The lowest BCUT2D eigenvalue weighted by molar-refractivity contribution is -0.128. The van der Waals surface area contributed by atoms with Gasteiger partial charge in [0.2, 0.25) is 5.91 Å². The van der Waals surface area contributed by atoms with Crippen molar-refractivity contribution in [3.05, 3.63) is 46.7 Å². The Morgan fingerprint density at radius 2 is 2.08 bits per heavy atom. The van der Waals surface area contributed by atoms with Gasteiger partial charge >= 0.3 is 0 Å². The monoisotopic (exact) mass is 355 g/mol. The number of nitrogens with two attached hydrogens (primary N) is 1. The summed E-state index contributed by atoms with van der Waals surface area (Å²) < 4.78 is 1.26. The number of carbonyl (C=O) groups excluding carboxylic acids is 1. The van der Waals surface area contributed by atoms with Gasteiger partial charge in [-0.1, -0.05) is 6.07 Å². The van der Waals surface area contributed by atoms with Gasteiger partial charge < -0.3 is 5.73 Å². The third kappa shape index (κ3) is 2.34. The SMILES string of the molecule is CN1C(=O)C[C@@](C)(c2cc(-c3cccs3)c3sccc3c2)N=C1N. The number of nitrogens with zero attached hydrogens (tertiary/aromatic N) is 2. The number of hydrogen-bond acceptors (Lipinski definition) is 5. The molecule has 3 aromatic rings. The van der Waals surface area contributed by atoms with Crippen LogP contribution in [0.1, 0.15) is 18.9 Å². The van der Waals surface area contributed by atoms with Crippen molar-refractivity contribution in [3.8, 4) is 10.4 Å². The van der Waals surface area contributed by atoms with Gasteiger partial charge in [0.05, 0.1) is 12.0 Å². The number of thiophene rings is 2. The Bertz CT molecular complexity index is 958. The average Bonchev–Trinajstić information content (AvgIpc) is 3.22. The summed E-state index contributed by atoms with van der Waals surface area (Å²) in [5.74, 6) is 0.268. The second-order valence-electron chi connectivity index (χ2n) is 6.21. The second-order valence-corrected chi connectivity index (χ2v) is 8.08. The smallest absolute Gasteiger partial charge is 0.231 e. The number of carbonyl (C=O) groups is 1. The molecule has 1 amide bonds. The fourth-order valence-electron chi connectivity index (χ4n) is 3.08. The molecule has 3 heterocycles. The molecule has 0 spiro atoms. The minimum atomic E-state index is -0.629. The number of amides is 1. The van der Waals surface area contributed by atoms with Crippen LogP contribution in [-0.4, -0.2) is 23.8 Å². The molecule has 0 saturated carbocycles. The van der Waals surface area contributed by atoms with Crippen LogP contribution in [0.25, 0.3) is 20.5 Å². The molecular weight excluding hydrogens is 338 g/mol. The van der Waals surface area contributed by atoms with Gasteiger partial charge in [-0.05, 0) is 52.9 Å². The first-order valence-corrected chi connectivity index (χ1v) is 9.41. The van der Waals surface area contributed by atoms with E-state index in [2.05, 4.69) is 46.1 Å². The molecule has 0 radical (unpaired) electrons. The zero-order valence-corrected chi connectivity index (χ0v) is 15.1. The molecule has 2 aromatic heterocycles. The van der Waals surface area contributed by atoms with E-state index < -0.39 is 5.54 Å². The maximum Gasteiger partial charge on any atom is 0.231 e. The summed E-state index contributed by atoms with van der Waals surface area (Å²) >= 11 is 3.46. The quantitative estimate of drug-likeness (QED) is 0.755. The van der Waals surface area contributed by atoms with E-state index in [4.69, 9.17) is 5.73 Å². The summed E-state index contributed by atoms with van der Waals surface area (Å²) in [6.45, 7) is 1.98. The predicted molar refractivity (Wildman–Crippen MR) is 101 cm³/mol. The molecule has 0 aliphatic carbocycles. The number of rotatable bonds is 2. The fourth-order valence-corrected chi connectivity index (χ4v) is 4.81. The highest BCUT2D eigenvalue weighted by molar-refractivity contribution is 7.19. The summed E-state index contributed by atoms with van der Waals surface area (Å²) in [5, 5.41) is 5.37. The van der Waals surface area contributed by atoms with Gasteiger partial charge in [-0.25, -0.2) is 4.99 Å². The second kappa shape index (κ2) is 5.43. The van der Waals surface area contributed by atoms with Crippen molar-refractivity contribution in [3.63, 3.8) is 0 Å². The number of aliphatic imine (C=N–C) groups is 1. The van der Waals surface area contributed by atoms with Crippen LogP contribution in [0.3, 0.4) is 0 Å². The van der Waals surface area contributed by atoms with E-state index in [0.29, 0.717) is 6.42 Å². The Hall–Kier alpha value is -2.18. The molecule has 1 aromatic carbocycles. The molecule has 1 atom stereocenters. The first kappa shape index (κ1) is 15.4. The van der Waals surface area contributed by atoms with Crippen LogP contribution < -0.4 is 5.73 Å². The summed E-state index contributed by atoms with van der Waals surface area (Å²) in [4.78, 5) is 19.6. The lowest BCUT2D eigenvalue weighted by Gasteiger charge is -2.34. The predicted octanol–water partition coefficient (Wildman–Crippen LogP) is 4.02. The highest BCUT2D eigenvalue weighted by Gasteiger charge is 2.36. The van der Waals surface area contributed by atoms with Crippen LogP contribution in [-0.2, 0) is 10.3 Å². The molecule has 1 aliphatic rings. The zero-order valence-electron chi connectivity index (χ0n) is 13.4. The number of benzene rings is 1. The molecule has 0 saturated heterocycles. The molecular formula is C18H17N3OS2. The molecule has 0 bridgehead atoms. The standard InChI is InChI=1S/C18H17N3OS2/c1-18(10-15(22)21(2)17(19)20-18)12-8-11-5-7-24-16(11)13(9-12)14-4-3-6-23-14/h3-9H,10H2,1-2H3,(H2,19,20)/t18-/m0/s1. The van der Waals surface area contributed by atoms with E-state index in [1.54, 1.807) is 29.7 Å². The number of fused-ring (bicyclic) bond motifs is 1. The Kier molecular flexibility index (Phi) is 3.47. The highest BCUT2D eigenvalue weighted by Crippen LogP contribution is 2.41. The summed E-state index contributed by atoms with van der Waals surface area (Å²) in [6.07, 6.45) is 0.323. The van der Waals surface area contributed by atoms with E-state index in [9.17, 15) is 4.79 Å². The van der Waals surface area contributed by atoms with Gasteiger partial charge in [0.25, 0.3) is 0 Å². The molecule has 6 heteroatoms. The van der Waals surface area contributed by atoms with Crippen LogP contribution in [0.5, 0.6) is 0 Å². The molecule has 0 fully saturated rings. The first-order chi connectivity index (χ1) is 11.5. The van der Waals surface area contributed by atoms with E-state index in [-0.39, 0.29) is 11.9 Å². The van der Waals surface area contributed by atoms with Gasteiger partial charge in [0.15, 0.2) is 5.96 Å². The Morgan fingerprint density at radius 1 is 1.25 bits per heavy atom. The van der Waals surface area contributed by atoms with Gasteiger partial charge in [0, 0.05) is 22.2 Å². The molecule has 1 aliphatic heterocycles. The van der Waals surface area contributed by atoms with Gasteiger partial charge in [-0.3, -0.25) is 9.69 Å². The van der Waals surface area contributed by atoms with Crippen LogP contribution >= 0.6 is 22.7 Å². The molecule has 0 unspecified atom stereocenters. The Morgan fingerprint density at radius 3 is 2.79 bits per heavy atom. The summed E-state index contributed by atoms with van der Waals surface area (Å²) in [6, 6.07) is 10.6. The third-order valence-corrected chi connectivity index (χ3v) is 6.40. The zero-order chi connectivity index (χ0) is 16.9. The van der Waals surface area contributed by atoms with Crippen LogP contribution in [0, 0.1) is 0 Å². The summed E-state index contributed by atoms with van der Waals surface area (Å²) in [5.41, 5.74) is 7.57. The van der Waals surface area contributed by atoms with E-state index >= 15 is 0 Å². The highest BCUT2D eigenvalue weighted by atomic mass is 32.1.